The molecule has 0 aromatic heterocycles. The van der Waals surface area contributed by atoms with E-state index in [-0.39, 0.29) is 0 Å². The lowest BCUT2D eigenvalue weighted by Gasteiger charge is -2.21. The van der Waals surface area contributed by atoms with Gasteiger partial charge in [-0.15, -0.1) is 0 Å². The highest BCUT2D eigenvalue weighted by Gasteiger charge is 2.22. The average molecular weight is 284 g/mol. The van der Waals surface area contributed by atoms with Crippen LogP contribution in [-0.2, 0) is 16.4 Å². The summed E-state index contributed by atoms with van der Waals surface area (Å²) in [7, 11) is -1.87. The Kier molecular flexibility index (Phi) is 3.66. The Morgan fingerprint density at radius 2 is 2.11 bits per heavy atom. The Labute approximate surface area is 112 Å². The molecule has 0 unspecified atom stereocenters. The first kappa shape index (κ1) is 13.7. The second-order valence-corrected chi connectivity index (χ2v) is 6.20. The molecule has 0 heterocycles. The van der Waals surface area contributed by atoms with Crippen molar-refractivity contribution in [3.8, 4) is 5.75 Å². The quantitative estimate of drug-likeness (QED) is 0.651. The fourth-order valence-electron chi connectivity index (χ4n) is 2.33. The molecule has 19 heavy (non-hydrogen) atoms. The van der Waals surface area contributed by atoms with E-state index in [0.717, 1.165) is 30.2 Å². The molecule has 1 aromatic carbocycles. The van der Waals surface area contributed by atoms with Crippen LogP contribution in [0.2, 0.25) is 0 Å². The number of benzene rings is 1. The second kappa shape index (κ2) is 5.08. The molecule has 0 saturated carbocycles. The maximum atomic E-state index is 11.3. The van der Waals surface area contributed by atoms with Crippen molar-refractivity contribution in [2.75, 3.05) is 18.1 Å². The van der Waals surface area contributed by atoms with Crippen LogP contribution in [0, 0.1) is 0 Å². The van der Waals surface area contributed by atoms with Gasteiger partial charge in [0, 0.05) is 11.1 Å². The third kappa shape index (κ3) is 2.81. The van der Waals surface area contributed by atoms with Crippen LogP contribution in [0.4, 0.5) is 5.69 Å². The SMILES string of the molecule is COc1c(NS(C)(=O)=O)ccc2c1CCCC2=NO. The fourth-order valence-corrected chi connectivity index (χ4v) is 2.89. The standard InChI is InChI=1S/C12H16N2O4S/c1-18-12-9-4-3-5-10(13-15)8(9)6-7-11(12)14-19(2,16)17/h6-7,14-15H,3-5H2,1-2H3. The van der Waals surface area contributed by atoms with Crippen molar-refractivity contribution in [1.82, 2.24) is 0 Å². The molecule has 104 valence electrons. The largest absolute Gasteiger partial charge is 0.494 e. The normalized spacial score (nSPS) is 17.1. The van der Waals surface area contributed by atoms with Crippen molar-refractivity contribution in [2.45, 2.75) is 19.3 Å². The molecule has 0 bridgehead atoms. The predicted octanol–water partition coefficient (Wildman–Crippen LogP) is 1.58. The molecule has 0 spiro atoms. The van der Waals surface area contributed by atoms with Crippen molar-refractivity contribution < 1.29 is 18.4 Å². The monoisotopic (exact) mass is 284 g/mol. The molecule has 0 amide bonds. The Balaban J connectivity index is 2.56. The first-order valence-electron chi connectivity index (χ1n) is 5.85. The van der Waals surface area contributed by atoms with Gasteiger partial charge in [-0.3, -0.25) is 4.72 Å². The Morgan fingerprint density at radius 3 is 2.68 bits per heavy atom. The van der Waals surface area contributed by atoms with Gasteiger partial charge in [-0.25, -0.2) is 8.42 Å². The van der Waals surface area contributed by atoms with E-state index in [4.69, 9.17) is 9.94 Å². The van der Waals surface area contributed by atoms with Gasteiger partial charge in [0.05, 0.1) is 24.8 Å². The molecule has 1 aromatic rings. The van der Waals surface area contributed by atoms with Gasteiger partial charge in [-0.2, -0.15) is 0 Å². The molecular formula is C12H16N2O4S. The number of rotatable bonds is 3. The number of ether oxygens (including phenoxy) is 1. The van der Waals surface area contributed by atoms with E-state index in [1.807, 2.05) is 0 Å². The molecule has 0 aliphatic heterocycles. The van der Waals surface area contributed by atoms with E-state index in [0.29, 0.717) is 23.6 Å². The molecule has 1 aliphatic carbocycles. The molecule has 6 nitrogen and oxygen atoms in total. The zero-order chi connectivity index (χ0) is 14.0. The molecule has 7 heteroatoms. The number of fused-ring (bicyclic) bond motifs is 1. The van der Waals surface area contributed by atoms with E-state index in [1.165, 1.54) is 7.11 Å². The summed E-state index contributed by atoms with van der Waals surface area (Å²) >= 11 is 0. The minimum absolute atomic E-state index is 0.405. The number of nitrogens with zero attached hydrogens (tertiary/aromatic N) is 1. The highest BCUT2D eigenvalue weighted by atomic mass is 32.2. The molecule has 2 rings (SSSR count). The van der Waals surface area contributed by atoms with Gasteiger partial charge in [0.1, 0.15) is 5.75 Å². The smallest absolute Gasteiger partial charge is 0.229 e. The summed E-state index contributed by atoms with van der Waals surface area (Å²) in [5.74, 6) is 0.490. The van der Waals surface area contributed by atoms with Crippen LogP contribution in [0.1, 0.15) is 24.0 Å². The van der Waals surface area contributed by atoms with Crippen LogP contribution in [0.5, 0.6) is 5.75 Å². The molecule has 0 radical (unpaired) electrons. The van der Waals surface area contributed by atoms with Crippen molar-refractivity contribution in [3.63, 3.8) is 0 Å². The van der Waals surface area contributed by atoms with Crippen molar-refractivity contribution >= 4 is 21.4 Å². The van der Waals surface area contributed by atoms with Crippen molar-refractivity contribution in [3.05, 3.63) is 23.3 Å². The first-order valence-corrected chi connectivity index (χ1v) is 7.74. The summed E-state index contributed by atoms with van der Waals surface area (Å²) in [5.41, 5.74) is 2.69. The van der Waals surface area contributed by atoms with Crippen LogP contribution in [0.25, 0.3) is 0 Å². The summed E-state index contributed by atoms with van der Waals surface area (Å²) in [6, 6.07) is 3.37. The topological polar surface area (TPSA) is 88.0 Å². The Hall–Kier alpha value is -1.76. The van der Waals surface area contributed by atoms with Gasteiger partial charge in [0.15, 0.2) is 0 Å². The van der Waals surface area contributed by atoms with Crippen molar-refractivity contribution in [1.29, 1.82) is 0 Å². The third-order valence-corrected chi connectivity index (χ3v) is 3.62. The van der Waals surface area contributed by atoms with Crippen LogP contribution < -0.4 is 9.46 Å². The second-order valence-electron chi connectivity index (χ2n) is 4.45. The van der Waals surface area contributed by atoms with Crippen LogP contribution in [0.3, 0.4) is 0 Å². The minimum Gasteiger partial charge on any atom is -0.494 e. The molecule has 0 fully saturated rings. The van der Waals surface area contributed by atoms with Gasteiger partial charge >= 0.3 is 0 Å². The van der Waals surface area contributed by atoms with E-state index in [1.54, 1.807) is 12.1 Å². The molecule has 1 aliphatic rings. The Bertz CT molecular complexity index is 623. The van der Waals surface area contributed by atoms with Crippen LogP contribution >= 0.6 is 0 Å². The van der Waals surface area contributed by atoms with Crippen LogP contribution in [0.15, 0.2) is 17.3 Å². The molecule has 0 saturated heterocycles. The van der Waals surface area contributed by atoms with E-state index >= 15 is 0 Å². The minimum atomic E-state index is -3.37. The highest BCUT2D eigenvalue weighted by Crippen LogP contribution is 2.36. The van der Waals surface area contributed by atoms with Gasteiger partial charge < -0.3 is 9.94 Å². The van der Waals surface area contributed by atoms with Gasteiger partial charge in [0.2, 0.25) is 10.0 Å². The molecular weight excluding hydrogens is 268 g/mol. The van der Waals surface area contributed by atoms with E-state index < -0.39 is 10.0 Å². The maximum absolute atomic E-state index is 11.3. The zero-order valence-corrected chi connectivity index (χ0v) is 11.6. The summed E-state index contributed by atoms with van der Waals surface area (Å²) < 4.78 is 30.4. The fraction of sp³-hybridized carbons (Fsp3) is 0.417. The molecule has 0 atom stereocenters. The number of methoxy groups -OCH3 is 1. The lowest BCUT2D eigenvalue weighted by Crippen LogP contribution is -2.16. The van der Waals surface area contributed by atoms with Crippen molar-refractivity contribution in [2.24, 2.45) is 5.16 Å². The summed E-state index contributed by atoms with van der Waals surface area (Å²) in [4.78, 5) is 0. The summed E-state index contributed by atoms with van der Waals surface area (Å²) in [5, 5.41) is 12.3. The number of oxime groups is 1. The van der Waals surface area contributed by atoms with E-state index in [9.17, 15) is 8.42 Å². The predicted molar refractivity (Wildman–Crippen MR) is 72.7 cm³/mol. The van der Waals surface area contributed by atoms with E-state index in [2.05, 4.69) is 9.88 Å². The maximum Gasteiger partial charge on any atom is 0.229 e. The Morgan fingerprint density at radius 1 is 1.37 bits per heavy atom. The zero-order valence-electron chi connectivity index (χ0n) is 10.8. The number of sulfonamides is 1. The summed E-state index contributed by atoms with van der Waals surface area (Å²) in [6.07, 6.45) is 3.39. The number of nitrogens with one attached hydrogen (secondary N) is 1. The summed E-state index contributed by atoms with van der Waals surface area (Å²) in [6.45, 7) is 0. The van der Waals surface area contributed by atoms with Gasteiger partial charge in [-0.05, 0) is 25.3 Å². The molecule has 2 N–H and O–H groups in total. The van der Waals surface area contributed by atoms with Gasteiger partial charge in [-0.1, -0.05) is 11.2 Å². The lowest BCUT2D eigenvalue weighted by atomic mass is 9.89. The number of hydrogen-bond acceptors (Lipinski definition) is 5. The average Bonchev–Trinajstić information content (AvgIpc) is 2.35. The van der Waals surface area contributed by atoms with Crippen LogP contribution in [-0.4, -0.2) is 32.7 Å². The highest BCUT2D eigenvalue weighted by molar-refractivity contribution is 7.92. The first-order chi connectivity index (χ1) is 8.96. The third-order valence-electron chi connectivity index (χ3n) is 3.03. The number of hydrogen-bond donors (Lipinski definition) is 2. The lowest BCUT2D eigenvalue weighted by molar-refractivity contribution is 0.317. The van der Waals surface area contributed by atoms with Gasteiger partial charge in [0.25, 0.3) is 0 Å². The number of anilines is 1.